The van der Waals surface area contributed by atoms with Gasteiger partial charge in [0.05, 0.1) is 12.2 Å². The quantitative estimate of drug-likeness (QED) is 0.377. The number of hydrogen-bond acceptors (Lipinski definition) is 7. The second kappa shape index (κ2) is 8.48. The van der Waals surface area contributed by atoms with E-state index in [0.29, 0.717) is 13.2 Å². The lowest BCUT2D eigenvalue weighted by molar-refractivity contribution is -0.170. The summed E-state index contributed by atoms with van der Waals surface area (Å²) in [6.45, 7) is 8.28. The zero-order valence-corrected chi connectivity index (χ0v) is 14.4. The third-order valence-electron chi connectivity index (χ3n) is 3.95. The van der Waals surface area contributed by atoms with Crippen LogP contribution in [0.5, 0.6) is 0 Å². The van der Waals surface area contributed by atoms with Gasteiger partial charge in [-0.05, 0) is 46.1 Å². The van der Waals surface area contributed by atoms with Crippen molar-refractivity contribution < 1.29 is 33.3 Å². The van der Waals surface area contributed by atoms with E-state index in [2.05, 4.69) is 6.58 Å². The van der Waals surface area contributed by atoms with E-state index in [1.807, 2.05) is 0 Å². The lowest BCUT2D eigenvalue weighted by Crippen LogP contribution is -2.39. The maximum atomic E-state index is 12.1. The van der Waals surface area contributed by atoms with Gasteiger partial charge in [0, 0.05) is 13.2 Å². The Kier molecular flexibility index (Phi) is 6.62. The highest BCUT2D eigenvalue weighted by atomic mass is 16.6. The van der Waals surface area contributed by atoms with Crippen LogP contribution >= 0.6 is 0 Å². The first kappa shape index (κ1) is 18.7. The first-order chi connectivity index (χ1) is 11.4. The van der Waals surface area contributed by atoms with Crippen LogP contribution in [0, 0.1) is 0 Å². The molecule has 0 saturated carbocycles. The standard InChI is InChI=1S/C17H26O7/c1-12(15(18)22-10-13-6-4-8-20-13)24-17(2,3)16(19)23-11-14-7-5-9-21-14/h13-14H,1,4-11H2,2-3H3. The predicted octanol–water partition coefficient (Wildman–Crippen LogP) is 1.74. The van der Waals surface area contributed by atoms with E-state index in [1.165, 1.54) is 13.8 Å². The molecular formula is C17H26O7. The van der Waals surface area contributed by atoms with Crippen molar-refractivity contribution in [1.29, 1.82) is 0 Å². The molecule has 0 bridgehead atoms. The van der Waals surface area contributed by atoms with Crippen molar-refractivity contribution in [3.8, 4) is 0 Å². The minimum absolute atomic E-state index is 0.0654. The molecule has 0 radical (unpaired) electrons. The van der Waals surface area contributed by atoms with E-state index >= 15 is 0 Å². The van der Waals surface area contributed by atoms with Gasteiger partial charge in [0.15, 0.2) is 5.76 Å². The van der Waals surface area contributed by atoms with Gasteiger partial charge in [-0.3, -0.25) is 0 Å². The van der Waals surface area contributed by atoms with Crippen LogP contribution < -0.4 is 0 Å². The molecule has 2 heterocycles. The van der Waals surface area contributed by atoms with E-state index in [4.69, 9.17) is 23.7 Å². The van der Waals surface area contributed by atoms with Crippen molar-refractivity contribution in [3.05, 3.63) is 12.3 Å². The summed E-state index contributed by atoms with van der Waals surface area (Å²) >= 11 is 0. The molecular weight excluding hydrogens is 316 g/mol. The van der Waals surface area contributed by atoms with Gasteiger partial charge in [0.1, 0.15) is 13.2 Å². The first-order valence-corrected chi connectivity index (χ1v) is 8.34. The molecule has 136 valence electrons. The second-order valence-corrected chi connectivity index (χ2v) is 6.50. The molecule has 0 aromatic carbocycles. The summed E-state index contributed by atoms with van der Waals surface area (Å²) in [7, 11) is 0. The third kappa shape index (κ3) is 5.49. The van der Waals surface area contributed by atoms with E-state index < -0.39 is 17.5 Å². The fourth-order valence-corrected chi connectivity index (χ4v) is 2.53. The van der Waals surface area contributed by atoms with Crippen LogP contribution in [0.1, 0.15) is 39.5 Å². The Hall–Kier alpha value is -1.60. The van der Waals surface area contributed by atoms with Crippen LogP contribution in [-0.2, 0) is 33.3 Å². The molecule has 0 amide bonds. The van der Waals surface area contributed by atoms with Crippen molar-refractivity contribution in [1.82, 2.24) is 0 Å². The lowest BCUT2D eigenvalue weighted by Gasteiger charge is -2.25. The lowest BCUT2D eigenvalue weighted by atomic mass is 10.1. The monoisotopic (exact) mass is 342 g/mol. The third-order valence-corrected chi connectivity index (χ3v) is 3.95. The summed E-state index contributed by atoms with van der Waals surface area (Å²) in [5.74, 6) is -1.51. The van der Waals surface area contributed by atoms with Crippen LogP contribution in [0.4, 0.5) is 0 Å². The molecule has 2 saturated heterocycles. The van der Waals surface area contributed by atoms with Crippen LogP contribution in [-0.4, -0.2) is 56.2 Å². The number of esters is 2. The summed E-state index contributed by atoms with van der Waals surface area (Å²) in [6.07, 6.45) is 3.52. The Balaban J connectivity index is 1.72. The van der Waals surface area contributed by atoms with Crippen LogP contribution in [0.25, 0.3) is 0 Å². The molecule has 0 spiro atoms. The summed E-state index contributed by atoms with van der Waals surface area (Å²) < 4.78 is 26.4. The maximum Gasteiger partial charge on any atom is 0.373 e. The molecule has 0 N–H and O–H groups in total. The van der Waals surface area contributed by atoms with Gasteiger partial charge >= 0.3 is 11.9 Å². The predicted molar refractivity (Wildman–Crippen MR) is 84.2 cm³/mol. The Morgan fingerprint density at radius 2 is 1.58 bits per heavy atom. The number of carbonyl (C=O) groups is 2. The summed E-state index contributed by atoms with van der Waals surface area (Å²) in [5, 5.41) is 0. The van der Waals surface area contributed by atoms with E-state index in [1.54, 1.807) is 0 Å². The van der Waals surface area contributed by atoms with Gasteiger partial charge in [0.2, 0.25) is 5.60 Å². The van der Waals surface area contributed by atoms with Crippen LogP contribution in [0.15, 0.2) is 12.3 Å². The zero-order valence-electron chi connectivity index (χ0n) is 14.4. The van der Waals surface area contributed by atoms with Crippen molar-refractivity contribution in [3.63, 3.8) is 0 Å². The van der Waals surface area contributed by atoms with E-state index in [0.717, 1.165) is 25.7 Å². The maximum absolute atomic E-state index is 12.1. The second-order valence-electron chi connectivity index (χ2n) is 6.50. The minimum Gasteiger partial charge on any atom is -0.469 e. The Morgan fingerprint density at radius 1 is 1.04 bits per heavy atom. The van der Waals surface area contributed by atoms with Crippen LogP contribution in [0.3, 0.4) is 0 Å². The number of ether oxygens (including phenoxy) is 5. The van der Waals surface area contributed by atoms with Crippen molar-refractivity contribution >= 4 is 11.9 Å². The molecule has 0 aliphatic carbocycles. The first-order valence-electron chi connectivity index (χ1n) is 8.34. The highest BCUT2D eigenvalue weighted by Gasteiger charge is 2.35. The Morgan fingerprint density at radius 3 is 2.08 bits per heavy atom. The fourth-order valence-electron chi connectivity index (χ4n) is 2.53. The molecule has 24 heavy (non-hydrogen) atoms. The van der Waals surface area contributed by atoms with Gasteiger partial charge in [-0.15, -0.1) is 0 Å². The molecule has 7 heteroatoms. The van der Waals surface area contributed by atoms with E-state index in [9.17, 15) is 9.59 Å². The number of rotatable bonds is 8. The summed E-state index contributed by atoms with van der Waals surface area (Å²) in [5.41, 5.74) is -1.33. The van der Waals surface area contributed by atoms with Gasteiger partial charge in [-0.2, -0.15) is 0 Å². The van der Waals surface area contributed by atoms with Crippen molar-refractivity contribution in [2.24, 2.45) is 0 Å². The Labute approximate surface area is 142 Å². The zero-order chi connectivity index (χ0) is 17.6. The van der Waals surface area contributed by atoms with Crippen molar-refractivity contribution in [2.45, 2.75) is 57.3 Å². The van der Waals surface area contributed by atoms with Crippen LogP contribution in [0.2, 0.25) is 0 Å². The number of carbonyl (C=O) groups excluding carboxylic acids is 2. The SMILES string of the molecule is C=C(OC(C)(C)C(=O)OCC1CCCO1)C(=O)OCC1CCCO1. The molecule has 2 rings (SSSR count). The van der Waals surface area contributed by atoms with Crippen molar-refractivity contribution in [2.75, 3.05) is 26.4 Å². The van der Waals surface area contributed by atoms with Gasteiger partial charge in [-0.25, -0.2) is 9.59 Å². The summed E-state index contributed by atoms with van der Waals surface area (Å²) in [4.78, 5) is 24.0. The molecule has 2 fully saturated rings. The highest BCUT2D eigenvalue weighted by molar-refractivity contribution is 5.87. The fraction of sp³-hybridized carbons (Fsp3) is 0.765. The highest BCUT2D eigenvalue weighted by Crippen LogP contribution is 2.19. The minimum atomic E-state index is -1.33. The number of hydrogen-bond donors (Lipinski definition) is 0. The average Bonchev–Trinajstić information content (AvgIpc) is 3.22. The average molecular weight is 342 g/mol. The smallest absolute Gasteiger partial charge is 0.373 e. The largest absolute Gasteiger partial charge is 0.469 e. The molecule has 0 aromatic heterocycles. The van der Waals surface area contributed by atoms with Gasteiger partial charge in [-0.1, -0.05) is 0 Å². The normalized spacial score (nSPS) is 23.8. The van der Waals surface area contributed by atoms with Gasteiger partial charge in [0.25, 0.3) is 0 Å². The molecule has 2 atom stereocenters. The molecule has 2 aliphatic rings. The Bertz CT molecular complexity index is 460. The molecule has 0 aromatic rings. The molecule has 2 aliphatic heterocycles. The van der Waals surface area contributed by atoms with E-state index in [-0.39, 0.29) is 31.2 Å². The molecule has 2 unspecified atom stereocenters. The van der Waals surface area contributed by atoms with Gasteiger partial charge < -0.3 is 23.7 Å². The topological polar surface area (TPSA) is 80.3 Å². The summed E-state index contributed by atoms with van der Waals surface area (Å²) in [6, 6.07) is 0. The molecule has 7 nitrogen and oxygen atoms in total.